The van der Waals surface area contributed by atoms with E-state index in [0.29, 0.717) is 6.04 Å². The van der Waals surface area contributed by atoms with Gasteiger partial charge in [-0.2, -0.15) is 0 Å². The van der Waals surface area contributed by atoms with E-state index in [4.69, 9.17) is 0 Å². The molecule has 0 fully saturated rings. The highest BCUT2D eigenvalue weighted by molar-refractivity contribution is 5.64. The second-order valence-electron chi connectivity index (χ2n) is 5.54. The van der Waals surface area contributed by atoms with Crippen molar-refractivity contribution in [2.24, 2.45) is 0 Å². The first kappa shape index (κ1) is 14.7. The van der Waals surface area contributed by atoms with E-state index in [9.17, 15) is 0 Å². The summed E-state index contributed by atoms with van der Waals surface area (Å²) in [4.78, 5) is 0. The van der Waals surface area contributed by atoms with Crippen LogP contribution < -0.4 is 5.32 Å². The average Bonchev–Trinajstić information content (AvgIpc) is 2.85. The Balaban J connectivity index is 2.37. The minimum Gasteiger partial charge on any atom is -0.310 e. The Hall–Kier alpha value is -1.68. The topological polar surface area (TPSA) is 42.7 Å². The average molecular weight is 272 g/mol. The molecule has 0 saturated heterocycles. The third-order valence-corrected chi connectivity index (χ3v) is 3.30. The maximum Gasteiger partial charge on any atom is 0.0888 e. The number of nitrogens with one attached hydrogen (secondary N) is 1. The Kier molecular flexibility index (Phi) is 4.90. The van der Waals surface area contributed by atoms with Crippen LogP contribution in [0.1, 0.15) is 38.3 Å². The van der Waals surface area contributed by atoms with Crippen molar-refractivity contribution in [3.63, 3.8) is 0 Å². The van der Waals surface area contributed by atoms with Crippen molar-refractivity contribution in [3.8, 4) is 11.3 Å². The molecule has 4 heteroatoms. The van der Waals surface area contributed by atoms with Gasteiger partial charge in [0.25, 0.3) is 0 Å². The number of hydrogen-bond donors (Lipinski definition) is 1. The van der Waals surface area contributed by atoms with Crippen molar-refractivity contribution in [1.29, 1.82) is 0 Å². The third-order valence-electron chi connectivity index (χ3n) is 3.30. The molecule has 0 amide bonds. The van der Waals surface area contributed by atoms with E-state index in [1.807, 2.05) is 10.9 Å². The van der Waals surface area contributed by atoms with Crippen LogP contribution in [0.25, 0.3) is 11.3 Å². The van der Waals surface area contributed by atoms with E-state index in [-0.39, 0.29) is 0 Å². The van der Waals surface area contributed by atoms with Crippen molar-refractivity contribution < 1.29 is 0 Å². The Bertz CT molecular complexity index is 557. The van der Waals surface area contributed by atoms with Crippen molar-refractivity contribution in [1.82, 2.24) is 20.3 Å². The van der Waals surface area contributed by atoms with Gasteiger partial charge in [-0.25, -0.2) is 4.68 Å². The summed E-state index contributed by atoms with van der Waals surface area (Å²) in [6, 6.07) is 7.06. The van der Waals surface area contributed by atoms with Crippen LogP contribution in [0.3, 0.4) is 0 Å². The number of hydrogen-bond acceptors (Lipinski definition) is 3. The van der Waals surface area contributed by atoms with Gasteiger partial charge in [0.15, 0.2) is 0 Å². The van der Waals surface area contributed by atoms with Crippen LogP contribution in [-0.4, -0.2) is 21.0 Å². The zero-order chi connectivity index (χ0) is 14.5. The molecule has 20 heavy (non-hydrogen) atoms. The molecule has 4 nitrogen and oxygen atoms in total. The van der Waals surface area contributed by atoms with Crippen LogP contribution in [0.2, 0.25) is 0 Å². The van der Waals surface area contributed by atoms with Crippen molar-refractivity contribution in [2.45, 2.75) is 53.2 Å². The molecule has 1 aromatic heterocycles. The Morgan fingerprint density at radius 1 is 1.30 bits per heavy atom. The summed E-state index contributed by atoms with van der Waals surface area (Å²) >= 11 is 0. The molecule has 108 valence electrons. The van der Waals surface area contributed by atoms with E-state index in [1.165, 1.54) is 16.7 Å². The predicted molar refractivity (Wildman–Crippen MR) is 82.5 cm³/mol. The van der Waals surface area contributed by atoms with Gasteiger partial charge >= 0.3 is 0 Å². The maximum atomic E-state index is 4.19. The lowest BCUT2D eigenvalue weighted by atomic mass is 10.0. The van der Waals surface area contributed by atoms with E-state index >= 15 is 0 Å². The van der Waals surface area contributed by atoms with Crippen LogP contribution in [0.5, 0.6) is 0 Å². The monoisotopic (exact) mass is 272 g/mol. The van der Waals surface area contributed by atoms with Gasteiger partial charge in [-0.3, -0.25) is 0 Å². The molecule has 0 bridgehead atoms. The molecule has 0 aliphatic heterocycles. The molecule has 1 N–H and O–H groups in total. The van der Waals surface area contributed by atoms with Gasteiger partial charge in [0.1, 0.15) is 0 Å². The molecule has 1 aromatic carbocycles. The summed E-state index contributed by atoms with van der Waals surface area (Å²) < 4.78 is 1.99. The zero-order valence-electron chi connectivity index (χ0n) is 12.8. The Morgan fingerprint density at radius 2 is 2.10 bits per heavy atom. The summed E-state index contributed by atoms with van der Waals surface area (Å²) in [6.45, 7) is 10.4. The number of aromatic nitrogens is 3. The van der Waals surface area contributed by atoms with Crippen LogP contribution >= 0.6 is 0 Å². The van der Waals surface area contributed by atoms with Crippen molar-refractivity contribution >= 4 is 0 Å². The normalized spacial score (nSPS) is 11.2. The highest BCUT2D eigenvalue weighted by atomic mass is 15.4. The molecule has 2 rings (SSSR count). The second kappa shape index (κ2) is 6.66. The van der Waals surface area contributed by atoms with Gasteiger partial charge in [-0.15, -0.1) is 5.10 Å². The fraction of sp³-hybridized carbons (Fsp3) is 0.500. The molecule has 1 heterocycles. The molecule has 0 saturated carbocycles. The van der Waals surface area contributed by atoms with Gasteiger partial charge in [0.05, 0.1) is 11.9 Å². The summed E-state index contributed by atoms with van der Waals surface area (Å²) in [5.41, 5.74) is 4.90. The lowest BCUT2D eigenvalue weighted by Crippen LogP contribution is -2.22. The van der Waals surface area contributed by atoms with E-state index < -0.39 is 0 Å². The lowest BCUT2D eigenvalue weighted by molar-refractivity contribution is 0.579. The number of benzene rings is 1. The van der Waals surface area contributed by atoms with Gasteiger partial charge in [-0.1, -0.05) is 43.7 Å². The predicted octanol–water partition coefficient (Wildman–Crippen LogP) is 3.16. The molecule has 0 aliphatic rings. The van der Waals surface area contributed by atoms with Gasteiger partial charge < -0.3 is 5.32 Å². The van der Waals surface area contributed by atoms with Crippen LogP contribution in [0, 0.1) is 6.92 Å². The fourth-order valence-corrected chi connectivity index (χ4v) is 2.24. The molecule has 0 aliphatic carbocycles. The summed E-state index contributed by atoms with van der Waals surface area (Å²) in [7, 11) is 0. The van der Waals surface area contributed by atoms with Crippen LogP contribution in [0.15, 0.2) is 24.4 Å². The van der Waals surface area contributed by atoms with Gasteiger partial charge in [0, 0.05) is 24.7 Å². The van der Waals surface area contributed by atoms with E-state index in [1.54, 1.807) is 0 Å². The maximum absolute atomic E-state index is 4.19. The van der Waals surface area contributed by atoms with Crippen LogP contribution in [-0.2, 0) is 13.1 Å². The second-order valence-corrected chi connectivity index (χ2v) is 5.54. The highest BCUT2D eigenvalue weighted by Gasteiger charge is 2.11. The molecular weight excluding hydrogens is 248 g/mol. The smallest absolute Gasteiger partial charge is 0.0888 e. The van der Waals surface area contributed by atoms with Crippen molar-refractivity contribution in [3.05, 3.63) is 35.5 Å². The zero-order valence-corrected chi connectivity index (χ0v) is 12.8. The molecule has 0 unspecified atom stereocenters. The molecule has 2 aromatic rings. The van der Waals surface area contributed by atoms with E-state index in [0.717, 1.165) is 25.2 Å². The number of nitrogens with zero attached hydrogens (tertiary/aromatic N) is 3. The highest BCUT2D eigenvalue weighted by Crippen LogP contribution is 2.24. The van der Waals surface area contributed by atoms with Crippen molar-refractivity contribution in [2.75, 3.05) is 0 Å². The SMILES string of the molecule is CCCn1nncc1-c1cc(C)ccc1CNC(C)C. The largest absolute Gasteiger partial charge is 0.310 e. The first-order valence-corrected chi connectivity index (χ1v) is 7.33. The third kappa shape index (κ3) is 3.45. The molecule has 0 spiro atoms. The van der Waals surface area contributed by atoms with E-state index in [2.05, 4.69) is 61.5 Å². The quantitative estimate of drug-likeness (QED) is 0.878. The minimum absolute atomic E-state index is 0.475. The number of rotatable bonds is 6. The molecular formula is C16H24N4. The molecule has 0 atom stereocenters. The van der Waals surface area contributed by atoms with Gasteiger partial charge in [0.2, 0.25) is 0 Å². The summed E-state index contributed by atoms with van der Waals surface area (Å²) in [6.07, 6.45) is 2.92. The van der Waals surface area contributed by atoms with Crippen LogP contribution in [0.4, 0.5) is 0 Å². The first-order valence-electron chi connectivity index (χ1n) is 7.33. The standard InChI is InChI=1S/C16H24N4/c1-5-8-20-16(11-18-19-20)15-9-13(4)6-7-14(15)10-17-12(2)3/h6-7,9,11-12,17H,5,8,10H2,1-4H3. The Labute approximate surface area is 121 Å². The summed E-state index contributed by atoms with van der Waals surface area (Å²) in [5, 5.41) is 11.8. The number of aryl methyl sites for hydroxylation is 2. The Morgan fingerprint density at radius 3 is 2.80 bits per heavy atom. The fourth-order valence-electron chi connectivity index (χ4n) is 2.24. The first-order chi connectivity index (χ1) is 9.61. The van der Waals surface area contributed by atoms with Gasteiger partial charge in [-0.05, 0) is 25.0 Å². The minimum atomic E-state index is 0.475. The molecule has 0 radical (unpaired) electrons. The lowest BCUT2D eigenvalue weighted by Gasteiger charge is -2.14. The summed E-state index contributed by atoms with van der Waals surface area (Å²) in [5.74, 6) is 0.